The smallest absolute Gasteiger partial charge is 0.338 e. The number of para-hydroxylation sites is 1. The molecule has 1 atom stereocenters. The van der Waals surface area contributed by atoms with Crippen LogP contribution in [0.3, 0.4) is 0 Å². The molecule has 0 saturated carbocycles. The van der Waals surface area contributed by atoms with Crippen LogP contribution in [0.2, 0.25) is 0 Å². The number of thiazole rings is 1. The summed E-state index contributed by atoms with van der Waals surface area (Å²) in [5, 5.41) is 1.92. The summed E-state index contributed by atoms with van der Waals surface area (Å²) in [4.78, 5) is 32.7. The molecule has 1 aliphatic heterocycles. The highest BCUT2D eigenvalue weighted by Crippen LogP contribution is 2.36. The Labute approximate surface area is 242 Å². The second kappa shape index (κ2) is 11.9. The van der Waals surface area contributed by atoms with Crippen LogP contribution in [-0.2, 0) is 9.53 Å². The van der Waals surface area contributed by atoms with Gasteiger partial charge in [0.1, 0.15) is 24.1 Å². The Morgan fingerprint density at radius 1 is 1.12 bits per heavy atom. The number of esters is 1. The van der Waals surface area contributed by atoms with Crippen LogP contribution in [0.1, 0.15) is 44.9 Å². The van der Waals surface area contributed by atoms with E-state index < -0.39 is 12.0 Å². The number of ether oxygens (including phenoxy) is 3. The van der Waals surface area contributed by atoms with E-state index in [9.17, 15) is 9.59 Å². The van der Waals surface area contributed by atoms with Gasteiger partial charge in [0.15, 0.2) is 4.80 Å². The number of terminal acetylenes is 1. The predicted molar refractivity (Wildman–Crippen MR) is 161 cm³/mol. The van der Waals surface area contributed by atoms with Crippen molar-refractivity contribution >= 4 is 34.2 Å². The van der Waals surface area contributed by atoms with Crippen LogP contribution in [0.5, 0.6) is 11.5 Å². The minimum absolute atomic E-state index is 0.0924. The maximum absolute atomic E-state index is 14.2. The lowest BCUT2D eigenvalue weighted by atomic mass is 9.95. The number of nitrogens with zero attached hydrogens (tertiary/aromatic N) is 2. The lowest BCUT2D eigenvalue weighted by Crippen LogP contribution is -2.40. The van der Waals surface area contributed by atoms with Crippen LogP contribution in [0.4, 0.5) is 0 Å². The molecule has 0 saturated heterocycles. The molecule has 7 nitrogen and oxygen atoms in total. The minimum Gasteiger partial charge on any atom is -0.491 e. The van der Waals surface area contributed by atoms with Crippen molar-refractivity contribution in [3.05, 3.63) is 103 Å². The van der Waals surface area contributed by atoms with Gasteiger partial charge in [-0.15, -0.1) is 6.42 Å². The van der Waals surface area contributed by atoms with Crippen LogP contribution in [0, 0.1) is 12.3 Å². The molecule has 208 valence electrons. The molecule has 1 aliphatic rings. The van der Waals surface area contributed by atoms with Crippen LogP contribution < -0.4 is 24.4 Å². The van der Waals surface area contributed by atoms with E-state index in [-0.39, 0.29) is 24.9 Å². The zero-order valence-corrected chi connectivity index (χ0v) is 24.2. The molecule has 8 heteroatoms. The van der Waals surface area contributed by atoms with E-state index in [2.05, 4.69) is 5.92 Å². The van der Waals surface area contributed by atoms with Gasteiger partial charge < -0.3 is 14.2 Å². The van der Waals surface area contributed by atoms with Crippen molar-refractivity contribution in [2.24, 2.45) is 4.99 Å². The Kier molecular flexibility index (Phi) is 8.09. The highest BCUT2D eigenvalue weighted by Gasteiger charge is 2.35. The quantitative estimate of drug-likeness (QED) is 0.227. The molecule has 41 heavy (non-hydrogen) atoms. The van der Waals surface area contributed by atoms with Gasteiger partial charge in [0, 0.05) is 11.1 Å². The third-order valence-electron chi connectivity index (χ3n) is 6.61. The third-order valence-corrected chi connectivity index (χ3v) is 7.59. The van der Waals surface area contributed by atoms with Gasteiger partial charge in [-0.1, -0.05) is 65.8 Å². The number of carbonyl (C=O) groups excluding carboxylic acids is 1. The number of aromatic nitrogens is 1. The van der Waals surface area contributed by atoms with Crippen molar-refractivity contribution in [2.75, 3.05) is 13.2 Å². The van der Waals surface area contributed by atoms with Crippen molar-refractivity contribution < 1.29 is 19.0 Å². The maximum Gasteiger partial charge on any atom is 0.338 e. The number of allylic oxidation sites excluding steroid dienone is 1. The highest BCUT2D eigenvalue weighted by molar-refractivity contribution is 7.07. The number of benzene rings is 3. The van der Waals surface area contributed by atoms with E-state index in [1.807, 2.05) is 80.6 Å². The lowest BCUT2D eigenvalue weighted by molar-refractivity contribution is -0.139. The summed E-state index contributed by atoms with van der Waals surface area (Å²) in [6.45, 7) is 7.66. The monoisotopic (exact) mass is 566 g/mol. The van der Waals surface area contributed by atoms with E-state index in [4.69, 9.17) is 25.6 Å². The Hall–Kier alpha value is -4.61. The molecule has 0 amide bonds. The molecule has 0 spiro atoms. The van der Waals surface area contributed by atoms with Crippen molar-refractivity contribution in [1.29, 1.82) is 0 Å². The Bertz CT molecular complexity index is 1890. The molecule has 3 aromatic carbocycles. The van der Waals surface area contributed by atoms with Crippen LogP contribution in [0.25, 0.3) is 16.8 Å². The number of hydrogen-bond acceptors (Lipinski definition) is 7. The number of hydrogen-bond donors (Lipinski definition) is 0. The molecule has 0 bridgehead atoms. The van der Waals surface area contributed by atoms with Gasteiger partial charge in [-0.05, 0) is 56.7 Å². The van der Waals surface area contributed by atoms with E-state index in [1.165, 1.54) is 11.3 Å². The highest BCUT2D eigenvalue weighted by atomic mass is 32.1. The molecule has 1 aromatic heterocycles. The summed E-state index contributed by atoms with van der Waals surface area (Å²) in [5.74, 6) is 3.14. The Morgan fingerprint density at radius 2 is 1.88 bits per heavy atom. The van der Waals surface area contributed by atoms with Gasteiger partial charge in [-0.3, -0.25) is 9.36 Å². The first-order valence-corrected chi connectivity index (χ1v) is 14.2. The molecule has 4 aromatic rings. The molecule has 1 unspecified atom stereocenters. The zero-order chi connectivity index (χ0) is 29.1. The van der Waals surface area contributed by atoms with Gasteiger partial charge in [0.05, 0.1) is 28.5 Å². The first kappa shape index (κ1) is 27.9. The predicted octanol–water partition coefficient (Wildman–Crippen LogP) is 4.75. The number of carbonyl (C=O) groups is 1. The Balaban J connectivity index is 1.79. The van der Waals surface area contributed by atoms with Crippen molar-refractivity contribution in [3.63, 3.8) is 0 Å². The summed E-state index contributed by atoms with van der Waals surface area (Å²) in [5.41, 5.74) is 1.92. The van der Waals surface area contributed by atoms with Gasteiger partial charge in [-0.2, -0.15) is 0 Å². The molecular weight excluding hydrogens is 536 g/mol. The largest absolute Gasteiger partial charge is 0.491 e. The van der Waals surface area contributed by atoms with Crippen molar-refractivity contribution in [3.8, 4) is 23.8 Å². The fourth-order valence-corrected chi connectivity index (χ4v) is 5.98. The minimum atomic E-state index is -0.785. The van der Waals surface area contributed by atoms with Crippen LogP contribution in [-0.4, -0.2) is 29.9 Å². The summed E-state index contributed by atoms with van der Waals surface area (Å²) in [6, 6.07) is 18.3. The fraction of sp³-hybridized carbons (Fsp3) is 0.242. The van der Waals surface area contributed by atoms with Crippen molar-refractivity contribution in [2.45, 2.75) is 39.8 Å². The molecular formula is C33H30N2O5S. The number of rotatable bonds is 8. The molecule has 0 fully saturated rings. The lowest BCUT2D eigenvalue weighted by Gasteiger charge is -2.26. The topological polar surface area (TPSA) is 79.1 Å². The van der Waals surface area contributed by atoms with E-state index >= 15 is 0 Å². The van der Waals surface area contributed by atoms with Gasteiger partial charge in [0.2, 0.25) is 0 Å². The van der Waals surface area contributed by atoms with Gasteiger partial charge in [0.25, 0.3) is 5.56 Å². The third kappa shape index (κ3) is 5.41. The summed E-state index contributed by atoms with van der Waals surface area (Å²) < 4.78 is 19.4. The number of fused-ring (bicyclic) bond motifs is 2. The molecule has 0 aliphatic carbocycles. The van der Waals surface area contributed by atoms with Crippen molar-refractivity contribution in [1.82, 2.24) is 4.57 Å². The summed E-state index contributed by atoms with van der Waals surface area (Å²) in [7, 11) is 0. The van der Waals surface area contributed by atoms with Gasteiger partial charge >= 0.3 is 5.97 Å². The van der Waals surface area contributed by atoms with E-state index in [0.29, 0.717) is 37.7 Å². The van der Waals surface area contributed by atoms with E-state index in [1.54, 1.807) is 18.4 Å². The average molecular weight is 567 g/mol. The summed E-state index contributed by atoms with van der Waals surface area (Å²) in [6.07, 6.45) is 7.16. The van der Waals surface area contributed by atoms with Gasteiger partial charge in [-0.25, -0.2) is 9.79 Å². The van der Waals surface area contributed by atoms with Crippen LogP contribution >= 0.6 is 11.3 Å². The molecule has 0 N–H and O–H groups in total. The molecule has 2 heterocycles. The second-order valence-corrected chi connectivity index (χ2v) is 10.7. The second-order valence-electron chi connectivity index (χ2n) is 9.70. The molecule has 5 rings (SSSR count). The SMILES string of the molecule is C#CCOc1ccc2ccccc2c1C=c1sc2n(c1=O)C(c1ccccc1OC(C)C)C(C(=O)OCC)=C(C)N=2. The first-order valence-electron chi connectivity index (χ1n) is 13.4. The fourth-order valence-electron chi connectivity index (χ4n) is 4.95. The first-order chi connectivity index (χ1) is 19.8. The zero-order valence-electron chi connectivity index (χ0n) is 23.3. The van der Waals surface area contributed by atoms with E-state index in [0.717, 1.165) is 16.3 Å². The average Bonchev–Trinajstić information content (AvgIpc) is 3.26. The van der Waals surface area contributed by atoms with Crippen LogP contribution in [0.15, 0.2) is 81.7 Å². The normalized spacial score (nSPS) is 14.9. The maximum atomic E-state index is 14.2. The Morgan fingerprint density at radius 3 is 2.63 bits per heavy atom. The standard InChI is InChI=1S/C33H30N2O5S/c1-6-18-39-26-17-16-22-12-8-9-13-23(22)25(26)19-28-31(36)35-30(24-14-10-11-15-27(24)40-20(3)4)29(32(37)38-7-2)21(5)34-33(35)41-28/h1,8-17,19-20,30H,7,18H2,2-5H3. The summed E-state index contributed by atoms with van der Waals surface area (Å²) >= 11 is 1.25. The molecule has 0 radical (unpaired) electrons.